The highest BCUT2D eigenvalue weighted by atomic mass is 32.2. The Hall–Kier alpha value is -1.08. The summed E-state index contributed by atoms with van der Waals surface area (Å²) in [5, 5.41) is 15.4. The standard InChI is InChI=1S/C10H17FN4OS/c1-10(16,6-17-3)5-14-8-7(11)4-13-9(12-2)15-8/h4,16H,5-6H2,1-3H3,(H2,12,13,14,15). The Labute approximate surface area is 104 Å². The molecule has 0 spiro atoms. The largest absolute Gasteiger partial charge is 0.387 e. The van der Waals surface area contributed by atoms with Crippen molar-refractivity contribution >= 4 is 23.5 Å². The van der Waals surface area contributed by atoms with Crippen molar-refractivity contribution in [2.45, 2.75) is 12.5 Å². The summed E-state index contributed by atoms with van der Waals surface area (Å²) in [4.78, 5) is 7.66. The van der Waals surface area contributed by atoms with Crippen molar-refractivity contribution in [2.75, 3.05) is 36.2 Å². The molecule has 0 aliphatic rings. The first kappa shape index (κ1) is 14.0. The quantitative estimate of drug-likeness (QED) is 0.713. The smallest absolute Gasteiger partial charge is 0.224 e. The summed E-state index contributed by atoms with van der Waals surface area (Å²) < 4.78 is 13.4. The van der Waals surface area contributed by atoms with E-state index < -0.39 is 11.4 Å². The molecule has 0 aliphatic heterocycles. The highest BCUT2D eigenvalue weighted by Gasteiger charge is 2.20. The lowest BCUT2D eigenvalue weighted by molar-refractivity contribution is 0.0995. The van der Waals surface area contributed by atoms with Crippen LogP contribution < -0.4 is 10.6 Å². The molecule has 5 nitrogen and oxygen atoms in total. The molecule has 3 N–H and O–H groups in total. The number of thioether (sulfide) groups is 1. The van der Waals surface area contributed by atoms with Gasteiger partial charge in [0.2, 0.25) is 5.95 Å². The minimum atomic E-state index is -0.906. The van der Waals surface area contributed by atoms with Gasteiger partial charge in [0.15, 0.2) is 11.6 Å². The lowest BCUT2D eigenvalue weighted by atomic mass is 10.1. The van der Waals surface area contributed by atoms with Crippen LogP contribution in [-0.2, 0) is 0 Å². The maximum atomic E-state index is 13.4. The summed E-state index contributed by atoms with van der Waals surface area (Å²) in [6.45, 7) is 1.92. The van der Waals surface area contributed by atoms with Crippen LogP contribution in [0.5, 0.6) is 0 Å². The van der Waals surface area contributed by atoms with Crippen LogP contribution in [0.2, 0.25) is 0 Å². The van der Waals surface area contributed by atoms with Crippen LogP contribution in [0.15, 0.2) is 6.20 Å². The van der Waals surface area contributed by atoms with Gasteiger partial charge < -0.3 is 15.7 Å². The van der Waals surface area contributed by atoms with E-state index in [0.717, 1.165) is 6.20 Å². The van der Waals surface area contributed by atoms with E-state index in [-0.39, 0.29) is 12.4 Å². The first-order valence-corrected chi connectivity index (χ1v) is 6.53. The van der Waals surface area contributed by atoms with Crippen molar-refractivity contribution in [2.24, 2.45) is 0 Å². The molecular formula is C10H17FN4OS. The lowest BCUT2D eigenvalue weighted by Crippen LogP contribution is -2.36. The average molecular weight is 260 g/mol. The van der Waals surface area contributed by atoms with Gasteiger partial charge in [-0.25, -0.2) is 9.37 Å². The van der Waals surface area contributed by atoms with Gasteiger partial charge in [0.05, 0.1) is 11.8 Å². The summed E-state index contributed by atoms with van der Waals surface area (Å²) in [6, 6.07) is 0. The molecule has 0 saturated carbocycles. The molecule has 1 heterocycles. The highest BCUT2D eigenvalue weighted by Crippen LogP contribution is 2.15. The second kappa shape index (κ2) is 6.02. The van der Waals surface area contributed by atoms with Crippen LogP contribution in [0.4, 0.5) is 16.2 Å². The zero-order valence-electron chi connectivity index (χ0n) is 10.1. The number of hydrogen-bond donors (Lipinski definition) is 3. The molecular weight excluding hydrogens is 243 g/mol. The van der Waals surface area contributed by atoms with Crippen molar-refractivity contribution < 1.29 is 9.50 Å². The van der Waals surface area contributed by atoms with E-state index in [9.17, 15) is 9.50 Å². The molecule has 0 aliphatic carbocycles. The Kier molecular flexibility index (Phi) is 4.95. The fourth-order valence-electron chi connectivity index (χ4n) is 1.25. The van der Waals surface area contributed by atoms with Gasteiger partial charge in [0, 0.05) is 19.3 Å². The fourth-order valence-corrected chi connectivity index (χ4v) is 1.97. The molecule has 0 amide bonds. The predicted octanol–water partition coefficient (Wildman–Crippen LogP) is 1.18. The number of anilines is 2. The summed E-state index contributed by atoms with van der Waals surface area (Å²) in [5.74, 6) is 0.444. The van der Waals surface area contributed by atoms with Gasteiger partial charge in [0.1, 0.15) is 0 Å². The van der Waals surface area contributed by atoms with Crippen LogP contribution in [-0.4, -0.2) is 46.3 Å². The Morgan fingerprint density at radius 1 is 1.59 bits per heavy atom. The maximum absolute atomic E-state index is 13.4. The van der Waals surface area contributed by atoms with E-state index in [1.165, 1.54) is 11.8 Å². The second-order valence-corrected chi connectivity index (χ2v) is 4.79. The average Bonchev–Trinajstić information content (AvgIpc) is 2.28. The predicted molar refractivity (Wildman–Crippen MR) is 69.0 cm³/mol. The van der Waals surface area contributed by atoms with Crippen LogP contribution in [0.25, 0.3) is 0 Å². The van der Waals surface area contributed by atoms with Gasteiger partial charge >= 0.3 is 0 Å². The first-order valence-electron chi connectivity index (χ1n) is 5.14. The minimum absolute atomic E-state index is 0.0886. The zero-order chi connectivity index (χ0) is 12.9. The molecule has 0 bridgehead atoms. The molecule has 0 fully saturated rings. The zero-order valence-corrected chi connectivity index (χ0v) is 10.9. The third-order valence-corrected chi connectivity index (χ3v) is 2.97. The topological polar surface area (TPSA) is 70.1 Å². The summed E-state index contributed by atoms with van der Waals surface area (Å²) in [5.41, 5.74) is -0.906. The van der Waals surface area contributed by atoms with Gasteiger partial charge in [-0.3, -0.25) is 0 Å². The molecule has 1 atom stereocenters. The van der Waals surface area contributed by atoms with E-state index in [2.05, 4.69) is 20.6 Å². The van der Waals surface area contributed by atoms with Crippen LogP contribution in [0, 0.1) is 5.82 Å². The molecule has 1 aromatic heterocycles. The van der Waals surface area contributed by atoms with E-state index in [1.54, 1.807) is 14.0 Å². The molecule has 96 valence electrons. The number of aromatic nitrogens is 2. The van der Waals surface area contributed by atoms with Crippen molar-refractivity contribution in [3.05, 3.63) is 12.0 Å². The Morgan fingerprint density at radius 2 is 2.29 bits per heavy atom. The van der Waals surface area contributed by atoms with Crippen molar-refractivity contribution in [1.29, 1.82) is 0 Å². The number of aliphatic hydroxyl groups is 1. The van der Waals surface area contributed by atoms with E-state index >= 15 is 0 Å². The molecule has 1 unspecified atom stereocenters. The first-order chi connectivity index (χ1) is 7.98. The maximum Gasteiger partial charge on any atom is 0.224 e. The van der Waals surface area contributed by atoms with E-state index in [0.29, 0.717) is 11.7 Å². The molecule has 1 aromatic rings. The lowest BCUT2D eigenvalue weighted by Gasteiger charge is -2.22. The second-order valence-electron chi connectivity index (χ2n) is 3.92. The van der Waals surface area contributed by atoms with Gasteiger partial charge in [0.25, 0.3) is 0 Å². The van der Waals surface area contributed by atoms with E-state index in [1.807, 2.05) is 6.26 Å². The number of nitrogens with zero attached hydrogens (tertiary/aromatic N) is 2. The van der Waals surface area contributed by atoms with Crippen molar-refractivity contribution in [1.82, 2.24) is 9.97 Å². The van der Waals surface area contributed by atoms with Crippen LogP contribution in [0.1, 0.15) is 6.92 Å². The third kappa shape index (κ3) is 4.35. The Morgan fingerprint density at radius 3 is 2.88 bits per heavy atom. The van der Waals surface area contributed by atoms with Gasteiger partial charge in [-0.15, -0.1) is 0 Å². The third-order valence-electron chi connectivity index (χ3n) is 2.06. The number of halogens is 1. The monoisotopic (exact) mass is 260 g/mol. The summed E-state index contributed by atoms with van der Waals surface area (Å²) in [6.07, 6.45) is 2.99. The highest BCUT2D eigenvalue weighted by molar-refractivity contribution is 7.98. The van der Waals surface area contributed by atoms with Crippen molar-refractivity contribution in [3.63, 3.8) is 0 Å². The summed E-state index contributed by atoms with van der Waals surface area (Å²) >= 11 is 1.53. The van der Waals surface area contributed by atoms with Crippen LogP contribution in [0.3, 0.4) is 0 Å². The Balaban J connectivity index is 2.68. The number of rotatable bonds is 6. The molecule has 1 rings (SSSR count). The van der Waals surface area contributed by atoms with Gasteiger partial charge in [-0.05, 0) is 13.2 Å². The number of nitrogens with one attached hydrogen (secondary N) is 2. The molecule has 0 radical (unpaired) electrons. The molecule has 7 heteroatoms. The SMILES string of the molecule is CNc1ncc(F)c(NCC(C)(O)CSC)n1. The fraction of sp³-hybridized carbons (Fsp3) is 0.600. The normalized spacial score (nSPS) is 14.2. The van der Waals surface area contributed by atoms with Crippen LogP contribution >= 0.6 is 11.8 Å². The van der Waals surface area contributed by atoms with Crippen molar-refractivity contribution in [3.8, 4) is 0 Å². The number of hydrogen-bond acceptors (Lipinski definition) is 6. The van der Waals surface area contributed by atoms with Gasteiger partial charge in [-0.2, -0.15) is 16.7 Å². The molecule has 0 aromatic carbocycles. The minimum Gasteiger partial charge on any atom is -0.387 e. The van der Waals surface area contributed by atoms with E-state index in [4.69, 9.17) is 0 Å². The van der Waals surface area contributed by atoms with Gasteiger partial charge in [-0.1, -0.05) is 0 Å². The molecule has 17 heavy (non-hydrogen) atoms. The Bertz CT molecular complexity index is 375. The summed E-state index contributed by atoms with van der Waals surface area (Å²) in [7, 11) is 1.65. The molecule has 0 saturated heterocycles.